The quantitative estimate of drug-likeness (QED) is 0.681. The van der Waals surface area contributed by atoms with E-state index in [1.165, 1.54) is 0 Å². The molecule has 1 saturated carbocycles. The molecular formula is C22H33FN4O2. The number of carbonyl (C=O) groups is 2. The predicted molar refractivity (Wildman–Crippen MR) is 111 cm³/mol. The number of likely N-dealkylation sites (tertiary alicyclic amines) is 1. The lowest BCUT2D eigenvalue weighted by Gasteiger charge is -2.35. The van der Waals surface area contributed by atoms with E-state index in [0.29, 0.717) is 25.4 Å². The first-order chi connectivity index (χ1) is 13.9. The van der Waals surface area contributed by atoms with Crippen LogP contribution in [0.15, 0.2) is 30.3 Å². The van der Waals surface area contributed by atoms with Gasteiger partial charge in [0, 0.05) is 19.1 Å². The maximum absolute atomic E-state index is 13.4. The standard InChI is InChI=1S/C22H33FN4O2/c1-15(20(24)21(28)27-12-11-18(23)14-27)17-7-9-19(10-8-17)26-22(29)25-13-16-5-3-2-4-6-16/h2-6,15,17-20H,7-14,24H2,1H3,(H2,25,26,29)/t15-,17?,18-,19?,20?/m0/s1. The number of urea groups is 1. The maximum Gasteiger partial charge on any atom is 0.315 e. The fourth-order valence-electron chi connectivity index (χ4n) is 4.45. The van der Waals surface area contributed by atoms with Crippen LogP contribution < -0.4 is 16.4 Å². The molecule has 1 aromatic rings. The molecule has 0 spiro atoms. The monoisotopic (exact) mass is 404 g/mol. The van der Waals surface area contributed by atoms with E-state index >= 15 is 0 Å². The summed E-state index contributed by atoms with van der Waals surface area (Å²) in [7, 11) is 0. The van der Waals surface area contributed by atoms with Crippen molar-refractivity contribution in [2.75, 3.05) is 13.1 Å². The van der Waals surface area contributed by atoms with Crippen LogP contribution in [0.1, 0.15) is 44.6 Å². The molecule has 3 rings (SSSR count). The molecule has 4 N–H and O–H groups in total. The van der Waals surface area contributed by atoms with Crippen molar-refractivity contribution in [3.05, 3.63) is 35.9 Å². The van der Waals surface area contributed by atoms with Crippen molar-refractivity contribution in [1.29, 1.82) is 0 Å². The minimum Gasteiger partial charge on any atom is -0.338 e. The van der Waals surface area contributed by atoms with Gasteiger partial charge in [0.25, 0.3) is 0 Å². The maximum atomic E-state index is 13.4. The van der Waals surface area contributed by atoms with Crippen LogP contribution in [-0.4, -0.2) is 48.2 Å². The van der Waals surface area contributed by atoms with E-state index in [-0.39, 0.29) is 30.4 Å². The van der Waals surface area contributed by atoms with Gasteiger partial charge < -0.3 is 21.3 Å². The Morgan fingerprint density at radius 3 is 2.48 bits per heavy atom. The zero-order chi connectivity index (χ0) is 20.8. The summed E-state index contributed by atoms with van der Waals surface area (Å²) < 4.78 is 13.4. The first-order valence-electron chi connectivity index (χ1n) is 10.7. The Morgan fingerprint density at radius 2 is 1.86 bits per heavy atom. The molecule has 2 fully saturated rings. The Labute approximate surface area is 172 Å². The summed E-state index contributed by atoms with van der Waals surface area (Å²) in [5, 5.41) is 5.95. The molecule has 1 aromatic carbocycles. The minimum atomic E-state index is -0.920. The zero-order valence-corrected chi connectivity index (χ0v) is 17.1. The van der Waals surface area contributed by atoms with Gasteiger partial charge >= 0.3 is 6.03 Å². The Morgan fingerprint density at radius 1 is 1.17 bits per heavy atom. The fourth-order valence-corrected chi connectivity index (χ4v) is 4.45. The van der Waals surface area contributed by atoms with Gasteiger partial charge in [0.05, 0.1) is 12.6 Å². The van der Waals surface area contributed by atoms with E-state index in [4.69, 9.17) is 5.73 Å². The SMILES string of the molecule is C[C@@H](C1CCC(NC(=O)NCc2ccccc2)CC1)C(N)C(=O)N1CC[C@H](F)C1. The van der Waals surface area contributed by atoms with Crippen LogP contribution in [0, 0.1) is 11.8 Å². The summed E-state index contributed by atoms with van der Waals surface area (Å²) in [5.41, 5.74) is 7.30. The van der Waals surface area contributed by atoms with Gasteiger partial charge in [-0.1, -0.05) is 37.3 Å². The van der Waals surface area contributed by atoms with Gasteiger partial charge in [-0.2, -0.15) is 0 Å². The van der Waals surface area contributed by atoms with E-state index in [1.54, 1.807) is 4.90 Å². The van der Waals surface area contributed by atoms with E-state index in [9.17, 15) is 14.0 Å². The van der Waals surface area contributed by atoms with Crippen molar-refractivity contribution in [1.82, 2.24) is 15.5 Å². The topological polar surface area (TPSA) is 87.5 Å². The van der Waals surface area contributed by atoms with E-state index in [2.05, 4.69) is 10.6 Å². The fraction of sp³-hybridized carbons (Fsp3) is 0.636. The molecule has 2 aliphatic rings. The van der Waals surface area contributed by atoms with E-state index in [0.717, 1.165) is 31.2 Å². The molecule has 1 aliphatic heterocycles. The molecule has 0 aromatic heterocycles. The summed E-state index contributed by atoms with van der Waals surface area (Å²) >= 11 is 0. The average molecular weight is 405 g/mol. The van der Waals surface area contributed by atoms with Crippen LogP contribution in [-0.2, 0) is 11.3 Å². The molecule has 0 radical (unpaired) electrons. The number of benzene rings is 1. The number of amides is 3. The largest absolute Gasteiger partial charge is 0.338 e. The second kappa shape index (κ2) is 10.1. The van der Waals surface area contributed by atoms with Gasteiger partial charge in [-0.3, -0.25) is 4.79 Å². The van der Waals surface area contributed by atoms with Gasteiger partial charge in [-0.05, 0) is 49.5 Å². The lowest BCUT2D eigenvalue weighted by Crippen LogP contribution is -2.49. The Balaban J connectivity index is 1.39. The van der Waals surface area contributed by atoms with E-state index in [1.807, 2.05) is 37.3 Å². The summed E-state index contributed by atoms with van der Waals surface area (Å²) in [6.45, 7) is 3.17. The van der Waals surface area contributed by atoms with Crippen molar-refractivity contribution >= 4 is 11.9 Å². The number of carbonyl (C=O) groups excluding carboxylic acids is 2. The predicted octanol–water partition coefficient (Wildman–Crippen LogP) is 2.58. The molecule has 3 atom stereocenters. The molecule has 1 saturated heterocycles. The molecule has 3 amide bonds. The number of hydrogen-bond acceptors (Lipinski definition) is 3. The smallest absolute Gasteiger partial charge is 0.315 e. The highest BCUT2D eigenvalue weighted by Crippen LogP contribution is 2.32. The number of nitrogens with two attached hydrogens (primary N) is 1. The van der Waals surface area contributed by atoms with Crippen molar-refractivity contribution < 1.29 is 14.0 Å². The van der Waals surface area contributed by atoms with Gasteiger partial charge in [0.1, 0.15) is 6.17 Å². The molecule has 1 heterocycles. The Bertz CT molecular complexity index is 679. The van der Waals surface area contributed by atoms with E-state index < -0.39 is 12.2 Å². The number of nitrogens with zero attached hydrogens (tertiary/aromatic N) is 1. The third kappa shape index (κ3) is 5.92. The second-order valence-electron chi connectivity index (χ2n) is 8.48. The van der Waals surface area contributed by atoms with Crippen molar-refractivity contribution in [2.24, 2.45) is 17.6 Å². The van der Waals surface area contributed by atoms with Gasteiger partial charge in [0.15, 0.2) is 0 Å². The molecule has 0 bridgehead atoms. The number of alkyl halides is 1. The Kier molecular flexibility index (Phi) is 7.47. The van der Waals surface area contributed by atoms with Gasteiger partial charge in [-0.15, -0.1) is 0 Å². The molecular weight excluding hydrogens is 371 g/mol. The normalized spacial score (nSPS) is 26.6. The van der Waals surface area contributed by atoms with Crippen molar-refractivity contribution in [3.63, 3.8) is 0 Å². The lowest BCUT2D eigenvalue weighted by molar-refractivity contribution is -0.133. The Hall–Kier alpha value is -2.15. The van der Waals surface area contributed by atoms with Crippen LogP contribution in [0.4, 0.5) is 9.18 Å². The van der Waals surface area contributed by atoms with Crippen LogP contribution in [0.25, 0.3) is 0 Å². The van der Waals surface area contributed by atoms with Crippen LogP contribution in [0.3, 0.4) is 0 Å². The van der Waals surface area contributed by atoms with Gasteiger partial charge in [-0.25, -0.2) is 9.18 Å². The highest BCUT2D eigenvalue weighted by atomic mass is 19.1. The van der Waals surface area contributed by atoms with Crippen molar-refractivity contribution in [2.45, 2.75) is 63.8 Å². The number of hydrogen-bond donors (Lipinski definition) is 3. The zero-order valence-electron chi connectivity index (χ0n) is 17.1. The second-order valence-corrected chi connectivity index (χ2v) is 8.48. The highest BCUT2D eigenvalue weighted by molar-refractivity contribution is 5.82. The average Bonchev–Trinajstić information content (AvgIpc) is 3.18. The van der Waals surface area contributed by atoms with Gasteiger partial charge in [0.2, 0.25) is 5.91 Å². The summed E-state index contributed by atoms with van der Waals surface area (Å²) in [6.07, 6.45) is 3.11. The minimum absolute atomic E-state index is 0.0500. The molecule has 7 heteroatoms. The summed E-state index contributed by atoms with van der Waals surface area (Å²) in [5.74, 6) is 0.273. The van der Waals surface area contributed by atoms with Crippen LogP contribution >= 0.6 is 0 Å². The summed E-state index contributed by atoms with van der Waals surface area (Å²) in [4.78, 5) is 26.3. The third-order valence-electron chi connectivity index (χ3n) is 6.44. The van der Waals surface area contributed by atoms with Crippen LogP contribution in [0.5, 0.6) is 0 Å². The molecule has 160 valence electrons. The molecule has 29 heavy (non-hydrogen) atoms. The summed E-state index contributed by atoms with van der Waals surface area (Å²) in [6, 6.07) is 9.23. The number of nitrogens with one attached hydrogen (secondary N) is 2. The molecule has 1 aliphatic carbocycles. The van der Waals surface area contributed by atoms with Crippen molar-refractivity contribution in [3.8, 4) is 0 Å². The number of rotatable bonds is 6. The first kappa shape index (κ1) is 21.6. The lowest BCUT2D eigenvalue weighted by atomic mass is 9.76. The third-order valence-corrected chi connectivity index (χ3v) is 6.44. The molecule has 6 nitrogen and oxygen atoms in total. The highest BCUT2D eigenvalue weighted by Gasteiger charge is 2.35. The van der Waals surface area contributed by atoms with Crippen LogP contribution in [0.2, 0.25) is 0 Å². The number of halogens is 1. The molecule has 1 unspecified atom stereocenters. The first-order valence-corrected chi connectivity index (χ1v) is 10.7.